The molecule has 1 aliphatic heterocycles. The van der Waals surface area contributed by atoms with Crippen LogP contribution in [0.3, 0.4) is 0 Å². The lowest BCUT2D eigenvalue weighted by Gasteiger charge is -2.25. The molecule has 1 aromatic rings. The summed E-state index contributed by atoms with van der Waals surface area (Å²) in [5.74, 6) is 0.996. The zero-order valence-corrected chi connectivity index (χ0v) is 8.42. The summed E-state index contributed by atoms with van der Waals surface area (Å²) in [6.45, 7) is 4.83. The molecule has 0 amide bonds. The third-order valence-electron chi connectivity index (χ3n) is 2.70. The minimum absolute atomic E-state index is 0.272. The van der Waals surface area contributed by atoms with Gasteiger partial charge in [-0.15, -0.1) is 6.58 Å². The van der Waals surface area contributed by atoms with Crippen LogP contribution in [0, 0.1) is 0 Å². The molecule has 2 nitrogen and oxygen atoms in total. The Morgan fingerprint density at radius 2 is 2.43 bits per heavy atom. The number of hydrogen-bond donors (Lipinski definition) is 1. The molecular formula is C12H15NO. The molecule has 0 bridgehead atoms. The summed E-state index contributed by atoms with van der Waals surface area (Å²) in [5.41, 5.74) is 2.62. The van der Waals surface area contributed by atoms with Gasteiger partial charge in [0.2, 0.25) is 0 Å². The highest BCUT2D eigenvalue weighted by molar-refractivity contribution is 5.44. The van der Waals surface area contributed by atoms with Gasteiger partial charge in [0.1, 0.15) is 5.75 Å². The number of ether oxygens (including phenoxy) is 1. The fourth-order valence-electron chi connectivity index (χ4n) is 2.01. The predicted octanol–water partition coefficient (Wildman–Crippen LogP) is 2.07. The minimum Gasteiger partial charge on any atom is -0.496 e. The van der Waals surface area contributed by atoms with E-state index in [9.17, 15) is 0 Å². The molecule has 74 valence electrons. The van der Waals surface area contributed by atoms with Crippen LogP contribution >= 0.6 is 0 Å². The summed E-state index contributed by atoms with van der Waals surface area (Å²) in [6, 6.07) is 6.45. The lowest BCUT2D eigenvalue weighted by Crippen LogP contribution is -2.28. The van der Waals surface area contributed by atoms with E-state index in [1.165, 1.54) is 11.1 Å². The number of benzene rings is 1. The average molecular weight is 189 g/mol. The third-order valence-corrected chi connectivity index (χ3v) is 2.70. The van der Waals surface area contributed by atoms with E-state index in [0.29, 0.717) is 0 Å². The first-order valence-corrected chi connectivity index (χ1v) is 4.88. The van der Waals surface area contributed by atoms with Crippen molar-refractivity contribution >= 4 is 0 Å². The summed E-state index contributed by atoms with van der Waals surface area (Å²) >= 11 is 0. The number of nitrogens with one attached hydrogen (secondary N) is 1. The van der Waals surface area contributed by atoms with Gasteiger partial charge in [-0.25, -0.2) is 0 Å². The number of hydrogen-bond acceptors (Lipinski definition) is 2. The molecule has 0 saturated heterocycles. The smallest absolute Gasteiger partial charge is 0.122 e. The van der Waals surface area contributed by atoms with E-state index in [2.05, 4.69) is 18.0 Å². The summed E-state index contributed by atoms with van der Waals surface area (Å²) < 4.78 is 5.34. The van der Waals surface area contributed by atoms with Crippen molar-refractivity contribution in [2.75, 3.05) is 13.7 Å². The standard InChI is InChI=1S/C12H15NO/c1-3-11-9-5-4-6-12(14-2)10(9)7-8-13-11/h3-6,11,13H,1,7-8H2,2H3. The Balaban J connectivity index is 2.48. The molecular weight excluding hydrogens is 174 g/mol. The molecule has 0 spiro atoms. The highest BCUT2D eigenvalue weighted by Gasteiger charge is 2.19. The van der Waals surface area contributed by atoms with Gasteiger partial charge in [0, 0.05) is 12.1 Å². The molecule has 1 aliphatic rings. The first kappa shape index (κ1) is 9.28. The van der Waals surface area contributed by atoms with Gasteiger partial charge in [0.25, 0.3) is 0 Å². The number of fused-ring (bicyclic) bond motifs is 1. The third kappa shape index (κ3) is 1.42. The van der Waals surface area contributed by atoms with Crippen molar-refractivity contribution < 1.29 is 4.74 Å². The normalized spacial score (nSPS) is 19.9. The maximum atomic E-state index is 5.34. The molecule has 2 heteroatoms. The van der Waals surface area contributed by atoms with Crippen LogP contribution < -0.4 is 10.1 Å². The Labute approximate surface area is 84.6 Å². The van der Waals surface area contributed by atoms with Crippen LogP contribution in [0.4, 0.5) is 0 Å². The first-order chi connectivity index (χ1) is 6.86. The summed E-state index contributed by atoms with van der Waals surface area (Å²) in [4.78, 5) is 0. The Kier molecular flexibility index (Phi) is 2.55. The van der Waals surface area contributed by atoms with Gasteiger partial charge in [0.15, 0.2) is 0 Å². The highest BCUT2D eigenvalue weighted by Crippen LogP contribution is 2.30. The maximum absolute atomic E-state index is 5.34. The Morgan fingerprint density at radius 1 is 1.57 bits per heavy atom. The van der Waals surface area contributed by atoms with Crippen molar-refractivity contribution in [1.82, 2.24) is 5.32 Å². The molecule has 0 aromatic heterocycles. The van der Waals surface area contributed by atoms with Gasteiger partial charge >= 0.3 is 0 Å². The van der Waals surface area contributed by atoms with Gasteiger partial charge in [-0.05, 0) is 18.1 Å². The molecule has 0 fully saturated rings. The fourth-order valence-corrected chi connectivity index (χ4v) is 2.01. The lowest BCUT2D eigenvalue weighted by molar-refractivity contribution is 0.404. The monoisotopic (exact) mass is 189 g/mol. The van der Waals surface area contributed by atoms with Gasteiger partial charge in [0.05, 0.1) is 13.2 Å². The molecule has 0 aliphatic carbocycles. The quantitative estimate of drug-likeness (QED) is 0.719. The van der Waals surface area contributed by atoms with Crippen LogP contribution in [0.25, 0.3) is 0 Å². The van der Waals surface area contributed by atoms with Crippen LogP contribution in [0.1, 0.15) is 17.2 Å². The first-order valence-electron chi connectivity index (χ1n) is 4.88. The van der Waals surface area contributed by atoms with Crippen LogP contribution in [0.2, 0.25) is 0 Å². The van der Waals surface area contributed by atoms with Crippen molar-refractivity contribution in [3.05, 3.63) is 42.0 Å². The van der Waals surface area contributed by atoms with Gasteiger partial charge in [-0.3, -0.25) is 0 Å². The Hall–Kier alpha value is -1.28. The van der Waals surface area contributed by atoms with E-state index in [1.807, 2.05) is 18.2 Å². The van der Waals surface area contributed by atoms with Gasteiger partial charge in [-0.1, -0.05) is 18.2 Å². The van der Waals surface area contributed by atoms with E-state index in [-0.39, 0.29) is 6.04 Å². The van der Waals surface area contributed by atoms with Gasteiger partial charge < -0.3 is 10.1 Å². The van der Waals surface area contributed by atoms with E-state index in [4.69, 9.17) is 4.74 Å². The lowest BCUT2D eigenvalue weighted by atomic mass is 9.93. The molecule has 1 aromatic carbocycles. The van der Waals surface area contributed by atoms with Crippen LogP contribution in [-0.4, -0.2) is 13.7 Å². The molecule has 1 unspecified atom stereocenters. The second kappa shape index (κ2) is 3.84. The van der Waals surface area contributed by atoms with Crippen molar-refractivity contribution in [2.45, 2.75) is 12.5 Å². The molecule has 0 saturated carbocycles. The molecule has 1 atom stereocenters. The second-order valence-corrected chi connectivity index (χ2v) is 3.45. The summed E-state index contributed by atoms with van der Waals surface area (Å²) in [6.07, 6.45) is 2.97. The van der Waals surface area contributed by atoms with Gasteiger partial charge in [-0.2, -0.15) is 0 Å². The Bertz CT molecular complexity index is 346. The summed E-state index contributed by atoms with van der Waals surface area (Å²) in [5, 5.41) is 3.40. The highest BCUT2D eigenvalue weighted by atomic mass is 16.5. The van der Waals surface area contributed by atoms with E-state index in [1.54, 1.807) is 7.11 Å². The second-order valence-electron chi connectivity index (χ2n) is 3.45. The van der Waals surface area contributed by atoms with Crippen molar-refractivity contribution in [3.8, 4) is 5.75 Å². The SMILES string of the molecule is C=CC1NCCc2c(OC)cccc21. The zero-order valence-electron chi connectivity index (χ0n) is 8.42. The van der Waals surface area contributed by atoms with Crippen molar-refractivity contribution in [2.24, 2.45) is 0 Å². The summed E-state index contributed by atoms with van der Waals surface area (Å²) in [7, 11) is 1.72. The molecule has 0 radical (unpaired) electrons. The van der Waals surface area contributed by atoms with E-state index < -0.39 is 0 Å². The van der Waals surface area contributed by atoms with Crippen LogP contribution in [-0.2, 0) is 6.42 Å². The van der Waals surface area contributed by atoms with Crippen molar-refractivity contribution in [1.29, 1.82) is 0 Å². The molecule has 1 N–H and O–H groups in total. The van der Waals surface area contributed by atoms with E-state index in [0.717, 1.165) is 18.7 Å². The molecule has 14 heavy (non-hydrogen) atoms. The maximum Gasteiger partial charge on any atom is 0.122 e. The number of rotatable bonds is 2. The van der Waals surface area contributed by atoms with Crippen molar-refractivity contribution in [3.63, 3.8) is 0 Å². The largest absolute Gasteiger partial charge is 0.496 e. The fraction of sp³-hybridized carbons (Fsp3) is 0.333. The predicted molar refractivity (Wildman–Crippen MR) is 57.6 cm³/mol. The zero-order chi connectivity index (χ0) is 9.97. The molecule has 1 heterocycles. The molecule has 2 rings (SSSR count). The van der Waals surface area contributed by atoms with Crippen LogP contribution in [0.15, 0.2) is 30.9 Å². The topological polar surface area (TPSA) is 21.3 Å². The minimum atomic E-state index is 0.272. The Morgan fingerprint density at radius 3 is 3.14 bits per heavy atom. The number of methoxy groups -OCH3 is 1. The average Bonchev–Trinajstić information content (AvgIpc) is 2.27. The van der Waals surface area contributed by atoms with Crippen LogP contribution in [0.5, 0.6) is 5.75 Å². The van der Waals surface area contributed by atoms with E-state index >= 15 is 0 Å².